The van der Waals surface area contributed by atoms with E-state index in [0.29, 0.717) is 0 Å². The first-order chi connectivity index (χ1) is 9.83. The number of benzene rings is 1. The smallest absolute Gasteiger partial charge is 0.128 e. The second-order valence-electron chi connectivity index (χ2n) is 4.91. The highest BCUT2D eigenvalue weighted by molar-refractivity contribution is 5.77. The van der Waals surface area contributed by atoms with Crippen LogP contribution >= 0.6 is 0 Å². The third-order valence-corrected chi connectivity index (χ3v) is 3.59. The van der Waals surface area contributed by atoms with Gasteiger partial charge in [-0.3, -0.25) is 0 Å². The van der Waals surface area contributed by atoms with E-state index in [1.807, 2.05) is 13.1 Å². The van der Waals surface area contributed by atoms with Crippen molar-refractivity contribution in [2.24, 2.45) is 0 Å². The first-order valence-electron chi connectivity index (χ1n) is 7.03. The average Bonchev–Trinajstić information content (AvgIpc) is 2.87. The van der Waals surface area contributed by atoms with Crippen LogP contribution < -0.4 is 5.32 Å². The largest absolute Gasteiger partial charge is 0.313 e. The lowest BCUT2D eigenvalue weighted by atomic mass is 10.1. The van der Waals surface area contributed by atoms with Crippen molar-refractivity contribution in [2.45, 2.75) is 19.9 Å². The Kier molecular flexibility index (Phi) is 3.52. The summed E-state index contributed by atoms with van der Waals surface area (Å²) in [5.41, 5.74) is 4.74. The van der Waals surface area contributed by atoms with E-state index in [4.69, 9.17) is 4.98 Å². The molecule has 0 aliphatic heterocycles. The predicted octanol–water partition coefficient (Wildman–Crippen LogP) is 3.28. The van der Waals surface area contributed by atoms with Crippen molar-refractivity contribution in [3.8, 4) is 11.3 Å². The van der Waals surface area contributed by atoms with Crippen LogP contribution in [0.1, 0.15) is 18.3 Å². The van der Waals surface area contributed by atoms with E-state index in [1.54, 1.807) is 0 Å². The van der Waals surface area contributed by atoms with Gasteiger partial charge in [0.15, 0.2) is 0 Å². The van der Waals surface area contributed by atoms with Gasteiger partial charge in [-0.05, 0) is 31.2 Å². The summed E-state index contributed by atoms with van der Waals surface area (Å²) in [7, 11) is 1.94. The fraction of sp³-hybridized carbons (Fsp3) is 0.235. The number of fused-ring (bicyclic) bond motifs is 1. The number of aryl methyl sites for hydroxylation is 1. The van der Waals surface area contributed by atoms with Crippen molar-refractivity contribution in [1.82, 2.24) is 14.7 Å². The van der Waals surface area contributed by atoms with Gasteiger partial charge in [-0.2, -0.15) is 0 Å². The SMILES string of the molecule is CCc1ccc(-c2nc(CNC)n3ccccc23)cc1. The van der Waals surface area contributed by atoms with E-state index in [0.717, 1.165) is 30.0 Å². The zero-order valence-electron chi connectivity index (χ0n) is 11.9. The van der Waals surface area contributed by atoms with Gasteiger partial charge >= 0.3 is 0 Å². The number of aromatic nitrogens is 2. The molecule has 0 unspecified atom stereocenters. The van der Waals surface area contributed by atoms with Crippen LogP contribution in [0.5, 0.6) is 0 Å². The van der Waals surface area contributed by atoms with E-state index < -0.39 is 0 Å². The molecule has 0 saturated carbocycles. The minimum Gasteiger partial charge on any atom is -0.313 e. The van der Waals surface area contributed by atoms with Crippen LogP contribution in [0.2, 0.25) is 0 Å². The number of imidazole rings is 1. The minimum atomic E-state index is 0.762. The highest BCUT2D eigenvalue weighted by atomic mass is 15.1. The summed E-state index contributed by atoms with van der Waals surface area (Å²) in [5.74, 6) is 1.04. The van der Waals surface area contributed by atoms with Gasteiger partial charge in [0.2, 0.25) is 0 Å². The molecule has 3 heteroatoms. The summed E-state index contributed by atoms with van der Waals surface area (Å²) in [6.07, 6.45) is 3.13. The van der Waals surface area contributed by atoms with Gasteiger partial charge in [0.25, 0.3) is 0 Å². The molecule has 3 nitrogen and oxygen atoms in total. The van der Waals surface area contributed by atoms with Gasteiger partial charge < -0.3 is 9.72 Å². The zero-order chi connectivity index (χ0) is 13.9. The standard InChI is InChI=1S/C17H19N3/c1-3-13-7-9-14(10-8-13)17-15-6-4-5-11-20(15)16(19-17)12-18-2/h4-11,18H,3,12H2,1-2H3. The van der Waals surface area contributed by atoms with Gasteiger partial charge in [-0.1, -0.05) is 37.3 Å². The molecule has 0 atom stereocenters. The van der Waals surface area contributed by atoms with Crippen molar-refractivity contribution in [3.05, 3.63) is 60.0 Å². The summed E-state index contributed by atoms with van der Waals surface area (Å²) >= 11 is 0. The third-order valence-electron chi connectivity index (χ3n) is 3.59. The summed E-state index contributed by atoms with van der Waals surface area (Å²) in [5, 5.41) is 3.18. The van der Waals surface area contributed by atoms with E-state index in [2.05, 4.69) is 59.2 Å². The predicted molar refractivity (Wildman–Crippen MR) is 82.8 cm³/mol. The Bertz CT molecular complexity index is 711. The fourth-order valence-electron chi connectivity index (χ4n) is 2.49. The molecule has 1 aromatic carbocycles. The van der Waals surface area contributed by atoms with E-state index >= 15 is 0 Å². The number of hydrogen-bond donors (Lipinski definition) is 1. The van der Waals surface area contributed by atoms with Gasteiger partial charge in [0.05, 0.1) is 17.8 Å². The molecular weight excluding hydrogens is 246 g/mol. The Balaban J connectivity index is 2.14. The number of hydrogen-bond acceptors (Lipinski definition) is 2. The van der Waals surface area contributed by atoms with E-state index in [1.165, 1.54) is 11.1 Å². The second kappa shape index (κ2) is 5.47. The van der Waals surface area contributed by atoms with Gasteiger partial charge in [0.1, 0.15) is 5.82 Å². The number of pyridine rings is 1. The van der Waals surface area contributed by atoms with Crippen LogP contribution in [0.25, 0.3) is 16.8 Å². The van der Waals surface area contributed by atoms with Crippen molar-refractivity contribution < 1.29 is 0 Å². The number of nitrogens with one attached hydrogen (secondary N) is 1. The lowest BCUT2D eigenvalue weighted by Crippen LogP contribution is -2.08. The van der Waals surface area contributed by atoms with Crippen LogP contribution in [0.4, 0.5) is 0 Å². The molecule has 3 aromatic rings. The summed E-state index contributed by atoms with van der Waals surface area (Å²) < 4.78 is 2.15. The van der Waals surface area contributed by atoms with Gasteiger partial charge in [-0.15, -0.1) is 0 Å². The van der Waals surface area contributed by atoms with Crippen LogP contribution in [0.15, 0.2) is 48.7 Å². The monoisotopic (exact) mass is 265 g/mol. The van der Waals surface area contributed by atoms with Crippen LogP contribution in [-0.4, -0.2) is 16.4 Å². The molecule has 0 spiro atoms. The first kappa shape index (κ1) is 12.9. The average molecular weight is 265 g/mol. The van der Waals surface area contributed by atoms with Gasteiger partial charge in [0, 0.05) is 11.8 Å². The van der Waals surface area contributed by atoms with Crippen molar-refractivity contribution in [1.29, 1.82) is 0 Å². The zero-order valence-corrected chi connectivity index (χ0v) is 11.9. The maximum Gasteiger partial charge on any atom is 0.128 e. The Labute approximate surface area is 119 Å². The first-order valence-corrected chi connectivity index (χ1v) is 7.03. The van der Waals surface area contributed by atoms with Crippen LogP contribution in [0.3, 0.4) is 0 Å². The lowest BCUT2D eigenvalue weighted by Gasteiger charge is -2.01. The summed E-state index contributed by atoms with van der Waals surface area (Å²) in [6, 6.07) is 14.9. The maximum atomic E-state index is 4.81. The molecule has 0 aliphatic carbocycles. The third kappa shape index (κ3) is 2.21. The quantitative estimate of drug-likeness (QED) is 0.784. The van der Waals surface area contributed by atoms with Crippen molar-refractivity contribution >= 4 is 5.52 Å². The van der Waals surface area contributed by atoms with Crippen LogP contribution in [-0.2, 0) is 13.0 Å². The second-order valence-corrected chi connectivity index (χ2v) is 4.91. The van der Waals surface area contributed by atoms with Crippen molar-refractivity contribution in [3.63, 3.8) is 0 Å². The summed E-state index contributed by atoms with van der Waals surface area (Å²) in [6.45, 7) is 2.93. The number of rotatable bonds is 4. The molecule has 0 amide bonds. The molecule has 0 bridgehead atoms. The van der Waals surface area contributed by atoms with Crippen LogP contribution in [0, 0.1) is 0 Å². The molecule has 1 N–H and O–H groups in total. The fourth-order valence-corrected chi connectivity index (χ4v) is 2.49. The Morgan fingerprint density at radius 2 is 1.90 bits per heavy atom. The molecule has 2 aromatic heterocycles. The Hall–Kier alpha value is -2.13. The molecule has 2 heterocycles. The molecule has 102 valence electrons. The molecule has 0 fully saturated rings. The Morgan fingerprint density at radius 1 is 1.10 bits per heavy atom. The molecule has 3 rings (SSSR count). The van der Waals surface area contributed by atoms with E-state index in [-0.39, 0.29) is 0 Å². The molecule has 0 saturated heterocycles. The minimum absolute atomic E-state index is 0.762. The highest BCUT2D eigenvalue weighted by Gasteiger charge is 2.11. The van der Waals surface area contributed by atoms with E-state index in [9.17, 15) is 0 Å². The Morgan fingerprint density at radius 3 is 2.60 bits per heavy atom. The molecule has 0 aliphatic rings. The maximum absolute atomic E-state index is 4.81. The molecular formula is C17H19N3. The van der Waals surface area contributed by atoms with Gasteiger partial charge in [-0.25, -0.2) is 4.98 Å². The lowest BCUT2D eigenvalue weighted by molar-refractivity contribution is 0.756. The number of nitrogens with zero attached hydrogens (tertiary/aromatic N) is 2. The highest BCUT2D eigenvalue weighted by Crippen LogP contribution is 2.25. The molecule has 0 radical (unpaired) electrons. The van der Waals surface area contributed by atoms with Crippen molar-refractivity contribution in [2.75, 3.05) is 7.05 Å². The molecule has 20 heavy (non-hydrogen) atoms. The summed E-state index contributed by atoms with van der Waals surface area (Å²) in [4.78, 5) is 4.81. The normalized spacial score (nSPS) is 11.1. The topological polar surface area (TPSA) is 29.3 Å².